The van der Waals surface area contributed by atoms with E-state index in [-0.39, 0.29) is 5.57 Å². The molecule has 0 saturated carbocycles. The predicted molar refractivity (Wildman–Crippen MR) is 43.1 cm³/mol. The van der Waals surface area contributed by atoms with Crippen molar-refractivity contribution < 1.29 is 15.0 Å². The Morgan fingerprint density at radius 1 is 1.45 bits per heavy atom. The van der Waals surface area contributed by atoms with Gasteiger partial charge in [-0.15, -0.1) is 23.2 Å². The second kappa shape index (κ2) is 4.83. The summed E-state index contributed by atoms with van der Waals surface area (Å²) in [4.78, 5) is 9.09. The zero-order valence-corrected chi connectivity index (χ0v) is 7.49. The van der Waals surface area contributed by atoms with Crippen LogP contribution in [-0.2, 0) is 4.79 Å². The molecule has 0 aliphatic rings. The first-order valence-electron chi connectivity index (χ1n) is 2.51. The first kappa shape index (κ1) is 11.0. The van der Waals surface area contributed by atoms with Crippen LogP contribution in [0.25, 0.3) is 0 Å². The number of carbonyl (C=O) groups is 1. The number of hydrogen-bond donors (Lipinski definition) is 2. The Morgan fingerprint density at radius 2 is 1.91 bits per heavy atom. The Morgan fingerprint density at radius 3 is 2.00 bits per heavy atom. The first-order valence-corrected chi connectivity index (χ1v) is 3.76. The molecule has 0 aromatic rings. The lowest BCUT2D eigenvalue weighted by atomic mass is 10.3. The van der Waals surface area contributed by atoms with Gasteiger partial charge in [0.25, 0.3) is 0 Å². The standard InChI is InChI=1S/C5H5Cl3O3/c6-3(5(10)11)2(1-9)4(7)8/h4,9H,1H2,(H,10,11). The van der Waals surface area contributed by atoms with Gasteiger partial charge < -0.3 is 10.2 Å². The summed E-state index contributed by atoms with van der Waals surface area (Å²) in [5, 5.41) is 16.3. The van der Waals surface area contributed by atoms with Crippen LogP contribution in [0.3, 0.4) is 0 Å². The molecule has 0 radical (unpaired) electrons. The predicted octanol–water partition coefficient (Wildman–Crippen LogP) is 1.36. The quantitative estimate of drug-likeness (QED) is 0.557. The Labute approximate surface area is 78.2 Å². The van der Waals surface area contributed by atoms with Crippen LogP contribution in [0, 0.1) is 0 Å². The fourth-order valence-electron chi connectivity index (χ4n) is 0.372. The lowest BCUT2D eigenvalue weighted by Crippen LogP contribution is -2.07. The van der Waals surface area contributed by atoms with Crippen LogP contribution in [0.2, 0.25) is 0 Å². The van der Waals surface area contributed by atoms with Gasteiger partial charge in [0.2, 0.25) is 0 Å². The average Bonchev–Trinajstić information content (AvgIpc) is 1.88. The highest BCUT2D eigenvalue weighted by Gasteiger charge is 2.16. The van der Waals surface area contributed by atoms with Gasteiger partial charge in [-0.2, -0.15) is 0 Å². The maximum atomic E-state index is 10.2. The number of halogens is 3. The topological polar surface area (TPSA) is 57.5 Å². The Bertz CT molecular complexity index is 187. The number of aliphatic hydroxyl groups excluding tert-OH is 1. The average molecular weight is 219 g/mol. The third kappa shape index (κ3) is 3.29. The van der Waals surface area contributed by atoms with Crippen LogP contribution in [0.4, 0.5) is 0 Å². The molecule has 0 aromatic carbocycles. The highest BCUT2D eigenvalue weighted by molar-refractivity contribution is 6.48. The number of rotatable bonds is 3. The second-order valence-corrected chi connectivity index (χ2v) is 3.08. The van der Waals surface area contributed by atoms with Crippen LogP contribution in [0.15, 0.2) is 10.6 Å². The molecule has 0 atom stereocenters. The summed E-state index contributed by atoms with van der Waals surface area (Å²) in [6.07, 6.45) is 0. The first-order chi connectivity index (χ1) is 5.00. The molecule has 0 aromatic heterocycles. The van der Waals surface area contributed by atoms with Crippen LogP contribution in [0.1, 0.15) is 0 Å². The smallest absolute Gasteiger partial charge is 0.347 e. The molecule has 0 fully saturated rings. The highest BCUT2D eigenvalue weighted by Crippen LogP contribution is 2.20. The van der Waals surface area contributed by atoms with Gasteiger partial charge in [-0.25, -0.2) is 4.79 Å². The lowest BCUT2D eigenvalue weighted by Gasteiger charge is -2.04. The number of aliphatic carboxylic acids is 1. The fourth-order valence-corrected chi connectivity index (χ4v) is 1.01. The Hall–Kier alpha value is 0.0400. The minimum Gasteiger partial charge on any atom is -0.477 e. The van der Waals surface area contributed by atoms with E-state index in [1.165, 1.54) is 0 Å². The van der Waals surface area contributed by atoms with E-state index >= 15 is 0 Å². The van der Waals surface area contributed by atoms with E-state index in [2.05, 4.69) is 0 Å². The number of carboxylic acids is 1. The number of aliphatic hydroxyl groups is 1. The third-order valence-corrected chi connectivity index (χ3v) is 1.83. The second-order valence-electron chi connectivity index (χ2n) is 1.60. The summed E-state index contributed by atoms with van der Waals surface area (Å²) >= 11 is 15.8. The summed E-state index contributed by atoms with van der Waals surface area (Å²) in [6, 6.07) is 0. The number of alkyl halides is 2. The van der Waals surface area contributed by atoms with Crippen LogP contribution < -0.4 is 0 Å². The molecule has 0 aliphatic heterocycles. The minimum atomic E-state index is -1.36. The molecule has 0 saturated heterocycles. The van der Waals surface area contributed by atoms with E-state index in [4.69, 9.17) is 45.0 Å². The molecule has 0 spiro atoms. The summed E-state index contributed by atoms with van der Waals surface area (Å²) < 4.78 is 0. The normalized spacial score (nSPS) is 13.2. The molecule has 2 N–H and O–H groups in total. The molecule has 64 valence electrons. The van der Waals surface area contributed by atoms with Crippen molar-refractivity contribution in [2.75, 3.05) is 6.61 Å². The Balaban J connectivity index is 4.68. The molecule has 6 heteroatoms. The van der Waals surface area contributed by atoms with E-state index in [9.17, 15) is 4.79 Å². The highest BCUT2D eigenvalue weighted by atomic mass is 35.5. The maximum Gasteiger partial charge on any atom is 0.347 e. The molecular weight excluding hydrogens is 214 g/mol. The molecule has 0 aliphatic carbocycles. The van der Waals surface area contributed by atoms with Crippen molar-refractivity contribution in [1.29, 1.82) is 0 Å². The fraction of sp³-hybridized carbons (Fsp3) is 0.400. The summed E-state index contributed by atoms with van der Waals surface area (Å²) in [5.74, 6) is -1.36. The molecule has 0 bridgehead atoms. The van der Waals surface area contributed by atoms with E-state index in [0.29, 0.717) is 0 Å². The Kier molecular flexibility index (Phi) is 4.84. The van der Waals surface area contributed by atoms with Crippen LogP contribution in [0.5, 0.6) is 0 Å². The molecule has 11 heavy (non-hydrogen) atoms. The number of hydrogen-bond acceptors (Lipinski definition) is 2. The monoisotopic (exact) mass is 218 g/mol. The molecule has 3 nitrogen and oxygen atoms in total. The number of carboxylic acid groups (broad SMARTS) is 1. The molecule has 0 heterocycles. The summed E-state index contributed by atoms with van der Waals surface area (Å²) in [5.41, 5.74) is -0.109. The van der Waals surface area contributed by atoms with Crippen molar-refractivity contribution in [2.24, 2.45) is 0 Å². The van der Waals surface area contributed by atoms with Gasteiger partial charge in [0.05, 0.1) is 6.61 Å². The third-order valence-electron chi connectivity index (χ3n) is 0.903. The SMILES string of the molecule is O=C(O)C(Cl)=C(CO)C(Cl)Cl. The zero-order chi connectivity index (χ0) is 9.02. The lowest BCUT2D eigenvalue weighted by molar-refractivity contribution is -0.132. The van der Waals surface area contributed by atoms with Crippen molar-refractivity contribution in [3.63, 3.8) is 0 Å². The maximum absolute atomic E-state index is 10.2. The van der Waals surface area contributed by atoms with Crippen LogP contribution in [-0.4, -0.2) is 27.6 Å². The van der Waals surface area contributed by atoms with Crippen molar-refractivity contribution in [2.45, 2.75) is 4.84 Å². The van der Waals surface area contributed by atoms with E-state index in [1.54, 1.807) is 0 Å². The minimum absolute atomic E-state index is 0.109. The zero-order valence-electron chi connectivity index (χ0n) is 5.22. The molecule has 0 rings (SSSR count). The molecule has 0 amide bonds. The summed E-state index contributed by atoms with van der Waals surface area (Å²) in [7, 11) is 0. The van der Waals surface area contributed by atoms with E-state index in [0.717, 1.165) is 0 Å². The largest absolute Gasteiger partial charge is 0.477 e. The molecular formula is C5H5Cl3O3. The van der Waals surface area contributed by atoms with Gasteiger partial charge in [-0.05, 0) is 0 Å². The van der Waals surface area contributed by atoms with E-state index in [1.807, 2.05) is 0 Å². The van der Waals surface area contributed by atoms with Crippen molar-refractivity contribution >= 4 is 40.8 Å². The van der Waals surface area contributed by atoms with Crippen LogP contribution >= 0.6 is 34.8 Å². The summed E-state index contributed by atoms with van der Waals surface area (Å²) in [6.45, 7) is -0.567. The van der Waals surface area contributed by atoms with Gasteiger partial charge in [0.15, 0.2) is 0 Å². The molecule has 0 unspecified atom stereocenters. The van der Waals surface area contributed by atoms with Crippen molar-refractivity contribution in [3.05, 3.63) is 10.6 Å². The van der Waals surface area contributed by atoms with Gasteiger partial charge in [0.1, 0.15) is 9.87 Å². The van der Waals surface area contributed by atoms with Crippen molar-refractivity contribution in [1.82, 2.24) is 0 Å². The van der Waals surface area contributed by atoms with Gasteiger partial charge in [0, 0.05) is 5.57 Å². The van der Waals surface area contributed by atoms with Gasteiger partial charge in [-0.1, -0.05) is 11.6 Å². The van der Waals surface area contributed by atoms with Gasteiger partial charge in [-0.3, -0.25) is 0 Å². The van der Waals surface area contributed by atoms with E-state index < -0.39 is 22.4 Å². The van der Waals surface area contributed by atoms with Gasteiger partial charge >= 0.3 is 5.97 Å². The van der Waals surface area contributed by atoms with Crippen molar-refractivity contribution in [3.8, 4) is 0 Å².